The molecule has 3 nitrogen and oxygen atoms in total. The lowest BCUT2D eigenvalue weighted by molar-refractivity contribution is 0.0547. The average molecular weight is 209 g/mol. The van der Waals surface area contributed by atoms with Gasteiger partial charge in [0.25, 0.3) is 0 Å². The summed E-state index contributed by atoms with van der Waals surface area (Å²) in [4.78, 5) is 11.4. The average Bonchev–Trinajstić information content (AvgIpc) is 1.99. The predicted octanol–water partition coefficient (Wildman–Crippen LogP) is 2.99. The van der Waals surface area contributed by atoms with Crippen molar-refractivity contribution >= 4 is 6.09 Å². The van der Waals surface area contributed by atoms with Gasteiger partial charge in [0.15, 0.2) is 0 Å². The summed E-state index contributed by atoms with van der Waals surface area (Å²) >= 11 is 0. The molecule has 1 amide bonds. The van der Waals surface area contributed by atoms with Gasteiger partial charge in [-0.3, -0.25) is 5.32 Å². The van der Waals surface area contributed by atoms with Crippen molar-refractivity contribution in [1.82, 2.24) is 5.32 Å². The molecule has 1 atom stereocenters. The van der Waals surface area contributed by atoms with Crippen molar-refractivity contribution in [2.45, 2.75) is 39.7 Å². The summed E-state index contributed by atoms with van der Waals surface area (Å²) in [5, 5.41) is 2.72. The number of carbonyl (C=O) groups is 1. The minimum atomic E-state index is -0.450. The molecule has 0 bridgehead atoms. The molecule has 0 aromatic rings. The monoisotopic (exact) mass is 209 g/mol. The lowest BCUT2D eigenvalue weighted by Crippen LogP contribution is -2.32. The molecule has 0 heterocycles. The molecule has 0 aromatic heterocycles. The lowest BCUT2D eigenvalue weighted by Gasteiger charge is -2.21. The van der Waals surface area contributed by atoms with Crippen LogP contribution in [0.4, 0.5) is 4.79 Å². The van der Waals surface area contributed by atoms with E-state index in [4.69, 9.17) is 4.74 Å². The molecule has 1 aliphatic carbocycles. The first kappa shape index (κ1) is 11.8. The van der Waals surface area contributed by atoms with E-state index in [9.17, 15) is 4.79 Å². The van der Waals surface area contributed by atoms with Crippen molar-refractivity contribution in [2.24, 2.45) is 5.92 Å². The van der Waals surface area contributed by atoms with E-state index in [0.717, 1.165) is 12.1 Å². The number of alkyl carbamates (subject to hydrolysis) is 1. The third-order valence-corrected chi connectivity index (χ3v) is 1.91. The highest BCUT2D eigenvalue weighted by molar-refractivity contribution is 5.70. The van der Waals surface area contributed by atoms with Crippen LogP contribution in [-0.4, -0.2) is 11.7 Å². The Labute approximate surface area is 91.2 Å². The van der Waals surface area contributed by atoms with Gasteiger partial charge in [-0.2, -0.15) is 0 Å². The molecule has 0 radical (unpaired) electrons. The molecule has 1 rings (SSSR count). The number of ether oxygens (including phenoxy) is 1. The van der Waals surface area contributed by atoms with Crippen molar-refractivity contribution in [3.05, 3.63) is 23.9 Å². The van der Waals surface area contributed by atoms with Crippen molar-refractivity contribution in [3.63, 3.8) is 0 Å². The van der Waals surface area contributed by atoms with Gasteiger partial charge in [0.05, 0.1) is 0 Å². The largest absolute Gasteiger partial charge is 0.444 e. The molecule has 0 aromatic carbocycles. The van der Waals surface area contributed by atoms with Gasteiger partial charge in [0, 0.05) is 5.70 Å². The zero-order valence-electron chi connectivity index (χ0n) is 9.83. The van der Waals surface area contributed by atoms with Crippen LogP contribution >= 0.6 is 0 Å². The first-order valence-electron chi connectivity index (χ1n) is 5.25. The van der Waals surface area contributed by atoms with Gasteiger partial charge >= 0.3 is 6.09 Å². The maximum atomic E-state index is 11.4. The van der Waals surface area contributed by atoms with E-state index in [0.29, 0.717) is 5.92 Å². The molecule has 1 unspecified atom stereocenters. The molecule has 0 spiro atoms. The number of rotatable bonds is 1. The Bertz CT molecular complexity index is 297. The van der Waals surface area contributed by atoms with E-state index in [-0.39, 0.29) is 0 Å². The van der Waals surface area contributed by atoms with Gasteiger partial charge in [0.2, 0.25) is 0 Å². The van der Waals surface area contributed by atoms with Crippen molar-refractivity contribution in [2.75, 3.05) is 0 Å². The first-order chi connectivity index (χ1) is 6.87. The van der Waals surface area contributed by atoms with E-state index < -0.39 is 11.7 Å². The summed E-state index contributed by atoms with van der Waals surface area (Å²) in [6, 6.07) is 0. The van der Waals surface area contributed by atoms with E-state index in [1.165, 1.54) is 0 Å². The number of hydrogen-bond acceptors (Lipinski definition) is 2. The Morgan fingerprint density at radius 1 is 1.53 bits per heavy atom. The van der Waals surface area contributed by atoms with E-state index in [2.05, 4.69) is 18.3 Å². The second-order valence-electron chi connectivity index (χ2n) is 4.86. The van der Waals surface area contributed by atoms with Gasteiger partial charge < -0.3 is 4.74 Å². The SMILES string of the molecule is CC1C=C(NC(=O)OC(C)(C)C)C=CC1. The number of hydrogen-bond donors (Lipinski definition) is 1. The fraction of sp³-hybridized carbons (Fsp3) is 0.583. The van der Waals surface area contributed by atoms with Crippen LogP contribution in [0.3, 0.4) is 0 Å². The van der Waals surface area contributed by atoms with Gasteiger partial charge in [-0.05, 0) is 39.2 Å². The highest BCUT2D eigenvalue weighted by atomic mass is 16.6. The molecule has 15 heavy (non-hydrogen) atoms. The minimum absolute atomic E-state index is 0.396. The quantitative estimate of drug-likeness (QED) is 0.721. The van der Waals surface area contributed by atoms with Crippen LogP contribution in [-0.2, 0) is 4.74 Å². The molecule has 1 aliphatic rings. The molecular formula is C12H19NO2. The Hall–Kier alpha value is -1.25. The van der Waals surface area contributed by atoms with Gasteiger partial charge in [0.1, 0.15) is 5.60 Å². The third kappa shape index (κ3) is 4.68. The fourth-order valence-electron chi connectivity index (χ4n) is 1.34. The number of carbonyl (C=O) groups excluding carboxylic acids is 1. The molecule has 3 heteroatoms. The summed E-state index contributed by atoms with van der Waals surface area (Å²) in [5.41, 5.74) is 0.372. The van der Waals surface area contributed by atoms with Crippen LogP contribution in [0, 0.1) is 5.92 Å². The Kier molecular flexibility index (Phi) is 3.56. The Morgan fingerprint density at radius 2 is 2.20 bits per heavy atom. The molecule has 0 aliphatic heterocycles. The van der Waals surface area contributed by atoms with Gasteiger partial charge in [-0.15, -0.1) is 0 Å². The Morgan fingerprint density at radius 3 is 2.73 bits per heavy atom. The highest BCUT2D eigenvalue weighted by Gasteiger charge is 2.16. The fourth-order valence-corrected chi connectivity index (χ4v) is 1.34. The van der Waals surface area contributed by atoms with E-state index >= 15 is 0 Å². The van der Waals surface area contributed by atoms with Crippen LogP contribution in [0.1, 0.15) is 34.1 Å². The lowest BCUT2D eigenvalue weighted by atomic mass is 10.0. The summed E-state index contributed by atoms with van der Waals surface area (Å²) in [6.45, 7) is 7.65. The zero-order valence-corrected chi connectivity index (χ0v) is 9.83. The highest BCUT2D eigenvalue weighted by Crippen LogP contribution is 2.14. The molecule has 0 saturated heterocycles. The van der Waals surface area contributed by atoms with E-state index in [1.807, 2.05) is 32.9 Å². The number of nitrogens with one attached hydrogen (secondary N) is 1. The minimum Gasteiger partial charge on any atom is -0.444 e. The summed E-state index contributed by atoms with van der Waals surface area (Å²) in [5.74, 6) is 0.472. The van der Waals surface area contributed by atoms with Crippen LogP contribution in [0.25, 0.3) is 0 Å². The second-order valence-corrected chi connectivity index (χ2v) is 4.86. The number of amides is 1. The first-order valence-corrected chi connectivity index (χ1v) is 5.25. The van der Waals surface area contributed by atoms with Crippen molar-refractivity contribution in [3.8, 4) is 0 Å². The number of allylic oxidation sites excluding steroid dienone is 3. The predicted molar refractivity (Wildman–Crippen MR) is 60.4 cm³/mol. The zero-order chi connectivity index (χ0) is 11.5. The van der Waals surface area contributed by atoms with E-state index in [1.54, 1.807) is 0 Å². The molecule has 84 valence electrons. The van der Waals surface area contributed by atoms with Gasteiger partial charge in [-0.25, -0.2) is 4.79 Å². The topological polar surface area (TPSA) is 38.3 Å². The summed E-state index contributed by atoms with van der Waals surface area (Å²) in [7, 11) is 0. The van der Waals surface area contributed by atoms with Crippen molar-refractivity contribution < 1.29 is 9.53 Å². The van der Waals surface area contributed by atoms with Crippen LogP contribution in [0.15, 0.2) is 23.9 Å². The summed E-state index contributed by atoms with van der Waals surface area (Å²) in [6.07, 6.45) is 6.62. The smallest absolute Gasteiger partial charge is 0.412 e. The molecule has 0 saturated carbocycles. The van der Waals surface area contributed by atoms with Crippen LogP contribution in [0.2, 0.25) is 0 Å². The standard InChI is InChI=1S/C12H19NO2/c1-9-6-5-7-10(8-9)13-11(14)15-12(2,3)4/h5,7-9H,6H2,1-4H3,(H,13,14). The summed E-state index contributed by atoms with van der Waals surface area (Å²) < 4.78 is 5.15. The molecular weight excluding hydrogens is 190 g/mol. The molecule has 1 N–H and O–H groups in total. The normalized spacial score (nSPS) is 20.8. The Balaban J connectivity index is 2.48. The third-order valence-electron chi connectivity index (χ3n) is 1.91. The maximum Gasteiger partial charge on any atom is 0.412 e. The molecule has 0 fully saturated rings. The van der Waals surface area contributed by atoms with Crippen molar-refractivity contribution in [1.29, 1.82) is 0 Å². The van der Waals surface area contributed by atoms with Gasteiger partial charge in [-0.1, -0.05) is 19.1 Å². The van der Waals surface area contributed by atoms with Crippen LogP contribution in [0.5, 0.6) is 0 Å². The maximum absolute atomic E-state index is 11.4. The second kappa shape index (κ2) is 4.51. The van der Waals surface area contributed by atoms with Crippen LogP contribution < -0.4 is 5.32 Å².